The second kappa shape index (κ2) is 11.9. The Labute approximate surface area is 168 Å². The molecule has 156 valence electrons. The van der Waals surface area contributed by atoms with Crippen LogP contribution >= 0.6 is 11.9 Å². The van der Waals surface area contributed by atoms with Crippen molar-refractivity contribution in [3.8, 4) is 5.75 Å². The molecule has 1 heterocycles. The van der Waals surface area contributed by atoms with Crippen molar-refractivity contribution in [2.45, 2.75) is 45.1 Å². The van der Waals surface area contributed by atoms with Crippen molar-refractivity contribution in [1.82, 2.24) is 14.9 Å². The van der Waals surface area contributed by atoms with E-state index in [2.05, 4.69) is 10.0 Å². The van der Waals surface area contributed by atoms with Gasteiger partial charge >= 0.3 is 6.03 Å². The van der Waals surface area contributed by atoms with E-state index in [-0.39, 0.29) is 18.0 Å². The van der Waals surface area contributed by atoms with Crippen molar-refractivity contribution >= 4 is 23.9 Å². The van der Waals surface area contributed by atoms with E-state index in [0.717, 1.165) is 30.6 Å². The van der Waals surface area contributed by atoms with E-state index in [1.807, 2.05) is 13.0 Å². The average molecular weight is 416 g/mol. The first-order chi connectivity index (χ1) is 13.5. The molecule has 1 aliphatic rings. The van der Waals surface area contributed by atoms with Crippen molar-refractivity contribution in [3.05, 3.63) is 29.8 Å². The molecule has 28 heavy (non-hydrogen) atoms. The minimum absolute atomic E-state index is 0.0645. The highest BCUT2D eigenvalue weighted by Gasteiger charge is 2.21. The van der Waals surface area contributed by atoms with Crippen LogP contribution in [0.15, 0.2) is 24.3 Å². The summed E-state index contributed by atoms with van der Waals surface area (Å²) in [6.07, 6.45) is 0.800. The van der Waals surface area contributed by atoms with E-state index >= 15 is 0 Å². The first-order valence-electron chi connectivity index (χ1n) is 9.42. The van der Waals surface area contributed by atoms with Crippen LogP contribution in [0.5, 0.6) is 5.75 Å². The lowest BCUT2D eigenvalue weighted by molar-refractivity contribution is -0.121. The van der Waals surface area contributed by atoms with Gasteiger partial charge in [0.15, 0.2) is 0 Å². The predicted octanol–water partition coefficient (Wildman–Crippen LogP) is 3.74. The SMILES string of the molecule is C[C@@H](NSCCCCCN1CCC(=O)NC1=O)c1cccc(OCC(F)F)c1. The number of amides is 3. The molecule has 0 saturated carbocycles. The molecule has 0 bridgehead atoms. The average Bonchev–Trinajstić information content (AvgIpc) is 2.67. The zero-order chi connectivity index (χ0) is 20.4. The van der Waals surface area contributed by atoms with Crippen molar-refractivity contribution in [2.75, 3.05) is 25.4 Å². The number of alkyl halides is 2. The Morgan fingerprint density at radius 1 is 1.29 bits per heavy atom. The van der Waals surface area contributed by atoms with Crippen molar-refractivity contribution in [3.63, 3.8) is 0 Å². The van der Waals surface area contributed by atoms with Crippen molar-refractivity contribution in [2.24, 2.45) is 0 Å². The summed E-state index contributed by atoms with van der Waals surface area (Å²) in [7, 11) is 0. The van der Waals surface area contributed by atoms with Crippen LogP contribution in [-0.4, -0.2) is 48.7 Å². The van der Waals surface area contributed by atoms with Gasteiger partial charge in [-0.2, -0.15) is 0 Å². The van der Waals surface area contributed by atoms with Gasteiger partial charge in [0.05, 0.1) is 0 Å². The third kappa shape index (κ3) is 8.02. The van der Waals surface area contributed by atoms with E-state index in [0.29, 0.717) is 25.3 Å². The maximum Gasteiger partial charge on any atom is 0.324 e. The molecule has 0 aromatic heterocycles. The van der Waals surface area contributed by atoms with Crippen molar-refractivity contribution < 1.29 is 23.1 Å². The summed E-state index contributed by atoms with van der Waals surface area (Å²) in [6, 6.07) is 6.94. The van der Waals surface area contributed by atoms with E-state index < -0.39 is 13.0 Å². The summed E-state index contributed by atoms with van der Waals surface area (Å²) in [5, 5.41) is 2.32. The Hall–Kier alpha value is -1.87. The van der Waals surface area contributed by atoms with Crippen LogP contribution in [0.3, 0.4) is 0 Å². The number of rotatable bonds is 12. The maximum absolute atomic E-state index is 12.2. The smallest absolute Gasteiger partial charge is 0.324 e. The standard InChI is InChI=1S/C19H27F2N3O3S/c1-14(15-6-5-7-16(12-15)27-13-17(20)21)23-28-11-4-2-3-9-24-10-8-18(25)22-19(24)26/h5-7,12,14,17,23H,2-4,8-11,13H2,1H3,(H,22,25,26)/t14-/m1/s1. The van der Waals surface area contributed by atoms with Gasteiger partial charge in [0.2, 0.25) is 5.91 Å². The van der Waals surface area contributed by atoms with E-state index in [4.69, 9.17) is 4.74 Å². The van der Waals surface area contributed by atoms with Crippen LogP contribution in [-0.2, 0) is 4.79 Å². The largest absolute Gasteiger partial charge is 0.488 e. The Bertz CT molecular complexity index is 649. The lowest BCUT2D eigenvalue weighted by Crippen LogP contribution is -2.49. The normalized spacial score (nSPS) is 15.6. The predicted molar refractivity (Wildman–Crippen MR) is 106 cm³/mol. The number of urea groups is 1. The number of ether oxygens (including phenoxy) is 1. The maximum atomic E-state index is 12.2. The summed E-state index contributed by atoms with van der Waals surface area (Å²) in [4.78, 5) is 24.4. The Balaban J connectivity index is 1.57. The van der Waals surface area contributed by atoms with Gasteiger partial charge in [-0.1, -0.05) is 30.5 Å². The van der Waals surface area contributed by atoms with Crippen LogP contribution < -0.4 is 14.8 Å². The fraction of sp³-hybridized carbons (Fsp3) is 0.579. The molecular formula is C19H27F2N3O3S. The molecule has 6 nitrogen and oxygen atoms in total. The minimum Gasteiger partial charge on any atom is -0.488 e. The molecule has 3 amide bonds. The van der Waals surface area contributed by atoms with Gasteiger partial charge in [0, 0.05) is 31.3 Å². The molecule has 1 aromatic rings. The van der Waals surface area contributed by atoms with Gasteiger partial charge < -0.3 is 9.64 Å². The Morgan fingerprint density at radius 2 is 2.11 bits per heavy atom. The number of carbonyl (C=O) groups is 2. The number of unbranched alkanes of at least 4 members (excludes halogenated alkanes) is 2. The second-order valence-corrected chi connectivity index (χ2v) is 7.55. The molecule has 1 fully saturated rings. The zero-order valence-corrected chi connectivity index (χ0v) is 16.8. The highest BCUT2D eigenvalue weighted by Crippen LogP contribution is 2.21. The summed E-state index contributed by atoms with van der Waals surface area (Å²) >= 11 is 1.62. The molecule has 0 spiro atoms. The first kappa shape index (κ1) is 22.4. The number of hydrogen-bond donors (Lipinski definition) is 2. The van der Waals surface area contributed by atoms with Gasteiger partial charge in [-0.3, -0.25) is 14.8 Å². The van der Waals surface area contributed by atoms with Crippen LogP contribution in [0.1, 0.15) is 44.2 Å². The lowest BCUT2D eigenvalue weighted by atomic mass is 10.1. The third-order valence-electron chi connectivity index (χ3n) is 4.31. The number of halogens is 2. The molecule has 1 atom stereocenters. The molecule has 0 radical (unpaired) electrons. The van der Waals surface area contributed by atoms with E-state index in [1.165, 1.54) is 0 Å². The van der Waals surface area contributed by atoms with E-state index in [1.54, 1.807) is 35.0 Å². The third-order valence-corrected chi connectivity index (χ3v) is 5.32. The fourth-order valence-electron chi connectivity index (χ4n) is 2.75. The molecule has 0 aliphatic carbocycles. The molecule has 1 saturated heterocycles. The Morgan fingerprint density at radius 3 is 2.86 bits per heavy atom. The van der Waals surface area contributed by atoms with Crippen LogP contribution in [0.25, 0.3) is 0 Å². The van der Waals surface area contributed by atoms with Gasteiger partial charge in [0.1, 0.15) is 12.4 Å². The summed E-state index contributed by atoms with van der Waals surface area (Å²) in [5.74, 6) is 1.17. The highest BCUT2D eigenvalue weighted by molar-refractivity contribution is 7.97. The zero-order valence-electron chi connectivity index (χ0n) is 16.0. The minimum atomic E-state index is -2.48. The number of nitrogens with zero attached hydrogens (tertiary/aromatic N) is 1. The number of nitrogens with one attached hydrogen (secondary N) is 2. The first-order valence-corrected chi connectivity index (χ1v) is 10.4. The monoisotopic (exact) mass is 415 g/mol. The van der Waals surface area contributed by atoms with E-state index in [9.17, 15) is 18.4 Å². The molecule has 0 unspecified atom stereocenters. The van der Waals surface area contributed by atoms with Gasteiger partial charge in [-0.15, -0.1) is 0 Å². The van der Waals surface area contributed by atoms with Crippen molar-refractivity contribution in [1.29, 1.82) is 0 Å². The quantitative estimate of drug-likeness (QED) is 0.402. The van der Waals surface area contributed by atoms with Crippen LogP contribution in [0.4, 0.5) is 13.6 Å². The molecule has 2 N–H and O–H groups in total. The molecule has 9 heteroatoms. The van der Waals surface area contributed by atoms with Crippen LogP contribution in [0.2, 0.25) is 0 Å². The number of benzene rings is 1. The summed E-state index contributed by atoms with van der Waals surface area (Å²) in [5.41, 5.74) is 0.977. The molecule has 2 rings (SSSR count). The summed E-state index contributed by atoms with van der Waals surface area (Å²) < 4.78 is 32.9. The van der Waals surface area contributed by atoms with Gasteiger partial charge in [-0.25, -0.2) is 13.6 Å². The molecule has 1 aromatic carbocycles. The van der Waals surface area contributed by atoms with Gasteiger partial charge in [0.25, 0.3) is 6.43 Å². The lowest BCUT2D eigenvalue weighted by Gasteiger charge is -2.26. The van der Waals surface area contributed by atoms with Crippen LogP contribution in [0, 0.1) is 0 Å². The Kier molecular flexibility index (Phi) is 9.49. The number of carbonyl (C=O) groups excluding carboxylic acids is 2. The molecular weight excluding hydrogens is 388 g/mol. The highest BCUT2D eigenvalue weighted by atomic mass is 32.2. The fourth-order valence-corrected chi connectivity index (χ4v) is 3.60. The molecule has 1 aliphatic heterocycles. The summed E-state index contributed by atoms with van der Waals surface area (Å²) in [6.45, 7) is 2.57. The number of imide groups is 1. The topological polar surface area (TPSA) is 70.7 Å². The second-order valence-electron chi connectivity index (χ2n) is 6.61. The number of hydrogen-bond acceptors (Lipinski definition) is 5. The van der Waals surface area contributed by atoms with Gasteiger partial charge in [-0.05, 0) is 37.5 Å².